The van der Waals surface area contributed by atoms with Crippen LogP contribution in [0.3, 0.4) is 0 Å². The predicted octanol–water partition coefficient (Wildman–Crippen LogP) is 1.62. The smallest absolute Gasteiger partial charge is 0.328 e. The van der Waals surface area contributed by atoms with Crippen LogP contribution in [0.1, 0.15) is 13.8 Å². The minimum Gasteiger partial charge on any atom is -0.478 e. The summed E-state index contributed by atoms with van der Waals surface area (Å²) in [7, 11) is 0. The van der Waals surface area contributed by atoms with Crippen LogP contribution in [0.15, 0.2) is 24.3 Å². The number of allylic oxidation sites excluding steroid dienone is 1. The van der Waals surface area contributed by atoms with Crippen LogP contribution in [0.25, 0.3) is 0 Å². The van der Waals surface area contributed by atoms with Crippen molar-refractivity contribution in [3.8, 4) is 0 Å². The quantitative estimate of drug-likeness (QED) is 0.399. The van der Waals surface area contributed by atoms with E-state index in [1.807, 2.05) is 13.8 Å². The van der Waals surface area contributed by atoms with E-state index in [1.165, 1.54) is 5.57 Å². The summed E-state index contributed by atoms with van der Waals surface area (Å²) in [6.07, 6.45) is 1.12. The minimum absolute atomic E-state index is 0. The number of carboxylic acid groups (broad SMARTS) is 2. The lowest BCUT2D eigenvalue weighted by Crippen LogP contribution is -1.91. The highest BCUT2D eigenvalue weighted by Crippen LogP contribution is 1.73. The van der Waals surface area contributed by atoms with E-state index in [2.05, 4.69) is 6.58 Å². The summed E-state index contributed by atoms with van der Waals surface area (Å²) in [4.78, 5) is 19.1. The van der Waals surface area contributed by atoms with Gasteiger partial charge in [-0.2, -0.15) is 0 Å². The van der Waals surface area contributed by atoms with Gasteiger partial charge in [-0.25, -0.2) is 9.59 Å². The maximum atomic E-state index is 9.55. The number of rotatable bonds is 2. The first-order valence-electron chi connectivity index (χ1n) is 3.12. The Morgan fingerprint density at radius 2 is 1.14 bits per heavy atom. The summed E-state index contributed by atoms with van der Waals surface area (Å²) in [5.41, 5.74) is 1.17. The van der Waals surface area contributed by atoms with Gasteiger partial charge in [-0.1, -0.05) is 5.57 Å². The number of hydrogen-bond donors (Lipinski definition) is 4. The molecule has 0 fully saturated rings. The van der Waals surface area contributed by atoms with Crippen molar-refractivity contribution in [2.45, 2.75) is 13.8 Å². The summed E-state index contributed by atoms with van der Waals surface area (Å²) in [6.45, 7) is 7.50. The van der Waals surface area contributed by atoms with Crippen molar-refractivity contribution in [3.05, 3.63) is 24.3 Å². The lowest BCUT2D eigenvalue weighted by atomic mass is 10.4. The highest BCUT2D eigenvalue weighted by Gasteiger charge is 1.88. The van der Waals surface area contributed by atoms with E-state index >= 15 is 0 Å². The van der Waals surface area contributed by atoms with Gasteiger partial charge in [0.15, 0.2) is 0 Å². The van der Waals surface area contributed by atoms with Crippen molar-refractivity contribution in [2.75, 3.05) is 0 Å². The molecule has 0 bridgehead atoms. The zero-order chi connectivity index (χ0) is 10.1. The summed E-state index contributed by atoms with van der Waals surface area (Å²) in [5, 5.41) is 15.6. The number of carboxylic acids is 2. The Morgan fingerprint density at radius 1 is 1.00 bits per heavy atom. The monoisotopic (exact) mass is 206 g/mol. The molecule has 84 valence electrons. The molecule has 0 aromatic heterocycles. The number of carbonyl (C=O) groups is 2. The third kappa shape index (κ3) is 80.9. The van der Waals surface area contributed by atoms with Gasteiger partial charge in [-0.05, 0) is 13.8 Å². The third-order valence-electron chi connectivity index (χ3n) is 0.368. The molecule has 6 heteroatoms. The second-order valence-corrected chi connectivity index (χ2v) is 2.22. The molecule has 0 aliphatic heterocycles. The van der Waals surface area contributed by atoms with Crippen molar-refractivity contribution < 1.29 is 19.8 Å². The largest absolute Gasteiger partial charge is 0.478 e. The van der Waals surface area contributed by atoms with Gasteiger partial charge < -0.3 is 22.5 Å². The van der Waals surface area contributed by atoms with E-state index in [9.17, 15) is 9.59 Å². The van der Waals surface area contributed by atoms with Gasteiger partial charge in [0.25, 0.3) is 0 Å². The normalized spacial score (nSPS) is 7.29. The fourth-order valence-electron chi connectivity index (χ4n) is 0.143. The van der Waals surface area contributed by atoms with E-state index < -0.39 is 11.9 Å². The molecule has 0 spiro atoms. The Hall–Kier alpha value is -1.66. The van der Waals surface area contributed by atoms with E-state index in [0.717, 1.165) is 0 Å². The van der Waals surface area contributed by atoms with Crippen molar-refractivity contribution in [1.82, 2.24) is 12.3 Å². The van der Waals surface area contributed by atoms with Crippen LogP contribution >= 0.6 is 0 Å². The molecule has 0 rings (SSSR count). The molecule has 0 aromatic carbocycles. The zero-order valence-corrected chi connectivity index (χ0v) is 8.49. The molecule has 0 unspecified atom stereocenters. The van der Waals surface area contributed by atoms with Crippen LogP contribution in [-0.4, -0.2) is 22.2 Å². The lowest BCUT2D eigenvalue weighted by molar-refractivity contribution is -0.134. The van der Waals surface area contributed by atoms with Gasteiger partial charge in [0, 0.05) is 12.2 Å². The molecule has 0 aromatic rings. The highest BCUT2D eigenvalue weighted by molar-refractivity contribution is 5.89. The van der Waals surface area contributed by atoms with Gasteiger partial charge >= 0.3 is 11.9 Å². The van der Waals surface area contributed by atoms with E-state index in [4.69, 9.17) is 10.2 Å². The summed E-state index contributed by atoms with van der Waals surface area (Å²) >= 11 is 0. The fraction of sp³-hybridized carbons (Fsp3) is 0.250. The molecule has 0 aliphatic carbocycles. The van der Waals surface area contributed by atoms with Gasteiger partial charge in [0.2, 0.25) is 0 Å². The fourth-order valence-corrected chi connectivity index (χ4v) is 0.143. The summed E-state index contributed by atoms with van der Waals surface area (Å²) < 4.78 is 0. The second kappa shape index (κ2) is 13.9. The lowest BCUT2D eigenvalue weighted by Gasteiger charge is -1.74. The molecule has 6 nitrogen and oxygen atoms in total. The highest BCUT2D eigenvalue weighted by atomic mass is 16.4. The van der Waals surface area contributed by atoms with Crippen LogP contribution in [0.5, 0.6) is 0 Å². The first-order valence-corrected chi connectivity index (χ1v) is 3.12. The Kier molecular flexibility index (Phi) is 22.6. The number of hydrogen-bond acceptors (Lipinski definition) is 4. The summed E-state index contributed by atoms with van der Waals surface area (Å²) in [6, 6.07) is 0. The van der Waals surface area contributed by atoms with Crippen molar-refractivity contribution in [2.24, 2.45) is 0 Å². The molecule has 0 aliphatic rings. The molecule has 0 atom stereocenters. The van der Waals surface area contributed by atoms with Crippen LogP contribution in [0.2, 0.25) is 0 Å². The first kappa shape index (κ1) is 22.8. The van der Waals surface area contributed by atoms with E-state index in [-0.39, 0.29) is 12.3 Å². The first-order chi connectivity index (χ1) is 5.36. The molecule has 14 heavy (non-hydrogen) atoms. The number of aliphatic carboxylic acids is 2. The van der Waals surface area contributed by atoms with Gasteiger partial charge in [-0.3, -0.25) is 0 Å². The minimum atomic E-state index is -1.26. The molecule has 0 heterocycles. The van der Waals surface area contributed by atoms with Crippen molar-refractivity contribution in [1.29, 1.82) is 0 Å². The zero-order valence-electron chi connectivity index (χ0n) is 8.49. The predicted molar refractivity (Wildman–Crippen MR) is 54.9 cm³/mol. The Bertz CT molecular complexity index is 191. The Morgan fingerprint density at radius 3 is 1.21 bits per heavy atom. The Labute approximate surface area is 83.1 Å². The van der Waals surface area contributed by atoms with Gasteiger partial charge in [0.1, 0.15) is 0 Å². The van der Waals surface area contributed by atoms with Crippen LogP contribution in [0, 0.1) is 0 Å². The third-order valence-corrected chi connectivity index (χ3v) is 0.368. The van der Waals surface area contributed by atoms with E-state index in [1.54, 1.807) is 0 Å². The topological polar surface area (TPSA) is 145 Å². The average Bonchev–Trinajstić information content (AvgIpc) is 1.82. The maximum absolute atomic E-state index is 9.55. The van der Waals surface area contributed by atoms with Gasteiger partial charge in [-0.15, -0.1) is 6.58 Å². The Balaban J connectivity index is -0.0000000733. The standard InChI is InChI=1S/C4H4O4.C4H8.2H3N/c5-3(6)1-2-4(7)8;1-4(2)3;;/h1-2H,(H,5,6)(H,7,8);1H2,2-3H3;2*1H3/b2-1-;;;. The molecule has 0 amide bonds. The second-order valence-electron chi connectivity index (χ2n) is 2.22. The molecule has 8 N–H and O–H groups in total. The molecule has 0 radical (unpaired) electrons. The molecule has 0 saturated heterocycles. The van der Waals surface area contributed by atoms with Crippen molar-refractivity contribution in [3.63, 3.8) is 0 Å². The maximum Gasteiger partial charge on any atom is 0.328 e. The average molecular weight is 206 g/mol. The summed E-state index contributed by atoms with van der Waals surface area (Å²) in [5.74, 6) is -2.51. The van der Waals surface area contributed by atoms with Gasteiger partial charge in [0.05, 0.1) is 0 Å². The molecular weight excluding hydrogens is 188 g/mol. The van der Waals surface area contributed by atoms with Crippen LogP contribution in [0.4, 0.5) is 0 Å². The van der Waals surface area contributed by atoms with Crippen molar-refractivity contribution >= 4 is 11.9 Å². The van der Waals surface area contributed by atoms with Crippen LogP contribution < -0.4 is 12.3 Å². The van der Waals surface area contributed by atoms with Crippen LogP contribution in [-0.2, 0) is 9.59 Å². The molecule has 0 saturated carbocycles. The van der Waals surface area contributed by atoms with E-state index in [0.29, 0.717) is 12.2 Å². The molecular formula is C8H18N2O4. The SMILES string of the molecule is C=C(C)C.N.N.O=C(O)/C=C\C(=O)O.